The molecule has 6 heteroatoms. The molecule has 0 spiro atoms. The largest absolute Gasteiger partial charge is 0.373 e. The van der Waals surface area contributed by atoms with E-state index in [9.17, 15) is 0 Å². The zero-order valence-corrected chi connectivity index (χ0v) is 14.4. The zero-order valence-electron chi connectivity index (χ0n) is 12.1. The van der Waals surface area contributed by atoms with Crippen molar-refractivity contribution in [2.75, 3.05) is 20.2 Å². The van der Waals surface area contributed by atoms with Crippen molar-refractivity contribution in [1.82, 2.24) is 15.6 Å². The quantitative estimate of drug-likeness (QED) is 0.469. The highest BCUT2D eigenvalue weighted by atomic mass is 127. The molecule has 2 rings (SSSR count). The van der Waals surface area contributed by atoms with Gasteiger partial charge in [-0.25, -0.2) is 0 Å². The van der Waals surface area contributed by atoms with Gasteiger partial charge in [0.2, 0.25) is 0 Å². The lowest BCUT2D eigenvalue weighted by Gasteiger charge is -2.24. The fourth-order valence-electron chi connectivity index (χ4n) is 2.14. The van der Waals surface area contributed by atoms with E-state index < -0.39 is 0 Å². The van der Waals surface area contributed by atoms with Gasteiger partial charge < -0.3 is 15.4 Å². The Kier molecular flexibility index (Phi) is 7.22. The zero-order chi connectivity index (χ0) is 13.6. The van der Waals surface area contributed by atoms with Crippen molar-refractivity contribution in [3.63, 3.8) is 0 Å². The van der Waals surface area contributed by atoms with Crippen LogP contribution in [-0.4, -0.2) is 36.7 Å². The molecular formula is C14H23IN4O. The summed E-state index contributed by atoms with van der Waals surface area (Å²) in [6.45, 7) is 4.43. The van der Waals surface area contributed by atoms with Gasteiger partial charge in [0.15, 0.2) is 5.96 Å². The van der Waals surface area contributed by atoms with Gasteiger partial charge in [0.25, 0.3) is 0 Å². The van der Waals surface area contributed by atoms with Gasteiger partial charge in [-0.1, -0.05) is 6.07 Å². The molecule has 20 heavy (non-hydrogen) atoms. The van der Waals surface area contributed by atoms with E-state index in [0.717, 1.165) is 37.6 Å². The average Bonchev–Trinajstić information content (AvgIpc) is 2.87. The van der Waals surface area contributed by atoms with Gasteiger partial charge in [0.05, 0.1) is 17.8 Å². The normalized spacial score (nSPS) is 22.2. The second kappa shape index (κ2) is 8.41. The topological polar surface area (TPSA) is 58.5 Å². The molecule has 0 aromatic carbocycles. The van der Waals surface area contributed by atoms with E-state index in [1.807, 2.05) is 18.2 Å². The third-order valence-electron chi connectivity index (χ3n) is 3.32. The SMILES string of the molecule is CN=C(NCc1ccccn1)NCC1(C)CCCO1.I. The molecule has 1 aliphatic heterocycles. The summed E-state index contributed by atoms with van der Waals surface area (Å²) >= 11 is 0. The summed E-state index contributed by atoms with van der Waals surface area (Å²) in [5.41, 5.74) is 0.927. The highest BCUT2D eigenvalue weighted by Gasteiger charge is 2.29. The van der Waals surface area contributed by atoms with Crippen LogP contribution < -0.4 is 10.6 Å². The first-order valence-corrected chi connectivity index (χ1v) is 6.70. The predicted octanol–water partition coefficient (Wildman–Crippen LogP) is 1.93. The number of nitrogens with zero attached hydrogens (tertiary/aromatic N) is 2. The van der Waals surface area contributed by atoms with E-state index in [-0.39, 0.29) is 29.6 Å². The molecule has 2 N–H and O–H groups in total. The van der Waals surface area contributed by atoms with Crippen molar-refractivity contribution in [3.8, 4) is 0 Å². The second-order valence-electron chi connectivity index (χ2n) is 5.00. The fourth-order valence-corrected chi connectivity index (χ4v) is 2.14. The molecule has 5 nitrogen and oxygen atoms in total. The van der Waals surface area contributed by atoms with Crippen molar-refractivity contribution < 1.29 is 4.74 Å². The molecular weight excluding hydrogens is 367 g/mol. The molecule has 1 aromatic heterocycles. The molecule has 2 heterocycles. The molecule has 0 aliphatic carbocycles. The van der Waals surface area contributed by atoms with Crippen LogP contribution in [0.25, 0.3) is 0 Å². The summed E-state index contributed by atoms with van der Waals surface area (Å²) in [6, 6.07) is 5.88. The Hall–Kier alpha value is -0.890. The molecule has 112 valence electrons. The number of guanidine groups is 1. The van der Waals surface area contributed by atoms with Gasteiger partial charge in [-0.05, 0) is 31.9 Å². The van der Waals surface area contributed by atoms with Crippen molar-refractivity contribution in [3.05, 3.63) is 30.1 Å². The first kappa shape index (κ1) is 17.2. The Morgan fingerprint density at radius 1 is 1.45 bits per heavy atom. The standard InChI is InChI=1S/C14H22N4O.HI/c1-14(7-5-9-19-14)11-18-13(15-2)17-10-12-6-3-4-8-16-12;/h3-4,6,8H,5,7,9-11H2,1-2H3,(H2,15,17,18);1H. The molecule has 1 aliphatic rings. The Morgan fingerprint density at radius 2 is 2.30 bits per heavy atom. The van der Waals surface area contributed by atoms with Crippen LogP contribution in [0.5, 0.6) is 0 Å². The van der Waals surface area contributed by atoms with Gasteiger partial charge in [-0.3, -0.25) is 9.98 Å². The molecule has 0 saturated carbocycles. The molecule has 1 saturated heterocycles. The smallest absolute Gasteiger partial charge is 0.191 e. The van der Waals surface area contributed by atoms with Crippen molar-refractivity contribution in [1.29, 1.82) is 0 Å². The number of aliphatic imine (C=N–C) groups is 1. The lowest BCUT2D eigenvalue weighted by Crippen LogP contribution is -2.45. The minimum absolute atomic E-state index is 0. The van der Waals surface area contributed by atoms with Crippen LogP contribution in [0.3, 0.4) is 0 Å². The van der Waals surface area contributed by atoms with Crippen LogP contribution in [0.15, 0.2) is 29.4 Å². The molecule has 1 unspecified atom stereocenters. The number of pyridine rings is 1. The van der Waals surface area contributed by atoms with Crippen LogP contribution in [0.4, 0.5) is 0 Å². The van der Waals surface area contributed by atoms with E-state index in [0.29, 0.717) is 6.54 Å². The van der Waals surface area contributed by atoms with Crippen LogP contribution in [0.1, 0.15) is 25.5 Å². The predicted molar refractivity (Wildman–Crippen MR) is 91.4 cm³/mol. The number of aromatic nitrogens is 1. The summed E-state index contributed by atoms with van der Waals surface area (Å²) in [6.07, 6.45) is 4.02. The third-order valence-corrected chi connectivity index (χ3v) is 3.32. The molecule has 0 amide bonds. The van der Waals surface area contributed by atoms with Gasteiger partial charge in [-0.2, -0.15) is 0 Å². The molecule has 0 radical (unpaired) electrons. The maximum atomic E-state index is 5.74. The minimum Gasteiger partial charge on any atom is -0.373 e. The minimum atomic E-state index is -0.0668. The fraction of sp³-hybridized carbons (Fsp3) is 0.571. The summed E-state index contributed by atoms with van der Waals surface area (Å²) in [5, 5.41) is 6.56. The number of ether oxygens (including phenoxy) is 1. The van der Waals surface area contributed by atoms with Gasteiger partial charge >= 0.3 is 0 Å². The van der Waals surface area contributed by atoms with E-state index in [2.05, 4.69) is 27.5 Å². The summed E-state index contributed by atoms with van der Waals surface area (Å²) in [7, 11) is 1.77. The number of rotatable bonds is 4. The number of hydrogen-bond donors (Lipinski definition) is 2. The van der Waals surface area contributed by atoms with Crippen LogP contribution >= 0.6 is 24.0 Å². The van der Waals surface area contributed by atoms with E-state index in [1.54, 1.807) is 13.2 Å². The highest BCUT2D eigenvalue weighted by molar-refractivity contribution is 14.0. The lowest BCUT2D eigenvalue weighted by atomic mass is 10.0. The maximum Gasteiger partial charge on any atom is 0.191 e. The molecule has 0 bridgehead atoms. The highest BCUT2D eigenvalue weighted by Crippen LogP contribution is 2.23. The Labute approximate surface area is 137 Å². The number of halogens is 1. The van der Waals surface area contributed by atoms with Crippen molar-refractivity contribution >= 4 is 29.9 Å². The van der Waals surface area contributed by atoms with Crippen LogP contribution in [-0.2, 0) is 11.3 Å². The first-order valence-electron chi connectivity index (χ1n) is 6.70. The summed E-state index contributed by atoms with van der Waals surface area (Å²) < 4.78 is 5.74. The number of hydrogen-bond acceptors (Lipinski definition) is 3. The Balaban J connectivity index is 0.00000200. The second-order valence-corrected chi connectivity index (χ2v) is 5.00. The monoisotopic (exact) mass is 390 g/mol. The van der Waals surface area contributed by atoms with Crippen molar-refractivity contribution in [2.45, 2.75) is 31.9 Å². The third kappa shape index (κ3) is 5.24. The lowest BCUT2D eigenvalue weighted by molar-refractivity contribution is 0.0243. The first-order chi connectivity index (χ1) is 9.22. The van der Waals surface area contributed by atoms with Crippen LogP contribution in [0, 0.1) is 0 Å². The van der Waals surface area contributed by atoms with E-state index in [4.69, 9.17) is 4.74 Å². The Morgan fingerprint density at radius 3 is 2.90 bits per heavy atom. The van der Waals surface area contributed by atoms with E-state index in [1.165, 1.54) is 0 Å². The average molecular weight is 390 g/mol. The summed E-state index contributed by atoms with van der Waals surface area (Å²) in [5.74, 6) is 0.780. The van der Waals surface area contributed by atoms with Gasteiger partial charge in [0, 0.05) is 26.4 Å². The van der Waals surface area contributed by atoms with E-state index >= 15 is 0 Å². The Bertz CT molecular complexity index is 418. The van der Waals surface area contributed by atoms with Crippen LogP contribution in [0.2, 0.25) is 0 Å². The van der Waals surface area contributed by atoms with Gasteiger partial charge in [-0.15, -0.1) is 24.0 Å². The summed E-state index contributed by atoms with van der Waals surface area (Å²) in [4.78, 5) is 8.47. The molecule has 1 fully saturated rings. The molecule has 1 atom stereocenters. The van der Waals surface area contributed by atoms with Gasteiger partial charge in [0.1, 0.15) is 0 Å². The maximum absolute atomic E-state index is 5.74. The number of nitrogens with one attached hydrogen (secondary N) is 2. The van der Waals surface area contributed by atoms with Crippen molar-refractivity contribution in [2.24, 2.45) is 4.99 Å². The molecule has 1 aromatic rings.